The Hall–Kier alpha value is -1.43. The average molecular weight is 350 g/mol. The zero-order valence-corrected chi connectivity index (χ0v) is 14.7. The van der Waals surface area contributed by atoms with Gasteiger partial charge in [-0.15, -0.1) is 11.3 Å². The molecule has 1 aromatic carbocycles. The number of benzene rings is 1. The number of halogens is 1. The number of hydrogen-bond acceptors (Lipinski definition) is 4. The summed E-state index contributed by atoms with van der Waals surface area (Å²) in [6.07, 6.45) is 0.385. The standard InChI is InChI=1S/C17H20ClN3OS/c1-2-20-7-9-21(10-8-20)16(22)11-15-12-23-17(19-15)13-3-5-14(18)6-4-13/h3-6,12H,2,7-11H2,1H3. The first-order valence-electron chi connectivity index (χ1n) is 7.86. The fourth-order valence-electron chi connectivity index (χ4n) is 2.69. The fourth-order valence-corrected chi connectivity index (χ4v) is 3.65. The van der Waals surface area contributed by atoms with Crippen LogP contribution in [0.3, 0.4) is 0 Å². The van der Waals surface area contributed by atoms with Crippen LogP contribution in [0.5, 0.6) is 0 Å². The van der Waals surface area contributed by atoms with E-state index in [9.17, 15) is 4.79 Å². The van der Waals surface area contributed by atoms with Crippen LogP contribution in [0.2, 0.25) is 5.02 Å². The summed E-state index contributed by atoms with van der Waals surface area (Å²) in [7, 11) is 0. The van der Waals surface area contributed by atoms with Crippen LogP contribution >= 0.6 is 22.9 Å². The van der Waals surface area contributed by atoms with Crippen molar-refractivity contribution in [2.45, 2.75) is 13.3 Å². The summed E-state index contributed by atoms with van der Waals surface area (Å²) >= 11 is 7.48. The molecule has 0 N–H and O–H groups in total. The zero-order chi connectivity index (χ0) is 16.2. The summed E-state index contributed by atoms with van der Waals surface area (Å²) in [4.78, 5) is 21.3. The van der Waals surface area contributed by atoms with Crippen LogP contribution in [0.15, 0.2) is 29.6 Å². The Kier molecular flexibility index (Phi) is 5.30. The van der Waals surface area contributed by atoms with Crippen molar-refractivity contribution in [1.82, 2.24) is 14.8 Å². The highest BCUT2D eigenvalue weighted by Crippen LogP contribution is 2.25. The number of piperazine rings is 1. The molecule has 0 saturated carbocycles. The van der Waals surface area contributed by atoms with Crippen molar-refractivity contribution in [3.05, 3.63) is 40.4 Å². The van der Waals surface area contributed by atoms with Gasteiger partial charge in [-0.3, -0.25) is 4.79 Å². The monoisotopic (exact) mass is 349 g/mol. The molecule has 0 bridgehead atoms. The maximum absolute atomic E-state index is 12.4. The Morgan fingerprint density at radius 1 is 1.22 bits per heavy atom. The van der Waals surface area contributed by atoms with Crippen LogP contribution in [-0.2, 0) is 11.2 Å². The number of amides is 1. The Labute approximate surface area is 145 Å². The number of carbonyl (C=O) groups excluding carboxylic acids is 1. The highest BCUT2D eigenvalue weighted by Gasteiger charge is 2.21. The molecule has 23 heavy (non-hydrogen) atoms. The lowest BCUT2D eigenvalue weighted by molar-refractivity contribution is -0.132. The quantitative estimate of drug-likeness (QED) is 0.850. The van der Waals surface area contributed by atoms with Gasteiger partial charge in [0.05, 0.1) is 12.1 Å². The second-order valence-corrected chi connectivity index (χ2v) is 6.94. The lowest BCUT2D eigenvalue weighted by Crippen LogP contribution is -2.48. The second-order valence-electron chi connectivity index (χ2n) is 5.64. The van der Waals surface area contributed by atoms with E-state index in [0.717, 1.165) is 49.0 Å². The lowest BCUT2D eigenvalue weighted by Gasteiger charge is -2.34. The third-order valence-electron chi connectivity index (χ3n) is 4.15. The number of rotatable bonds is 4. The summed E-state index contributed by atoms with van der Waals surface area (Å²) < 4.78 is 0. The van der Waals surface area contributed by atoms with E-state index in [1.165, 1.54) is 0 Å². The summed E-state index contributed by atoms with van der Waals surface area (Å²) in [6.45, 7) is 6.79. The van der Waals surface area contributed by atoms with Crippen molar-refractivity contribution in [3.8, 4) is 10.6 Å². The average Bonchev–Trinajstić information content (AvgIpc) is 3.04. The molecule has 0 unspecified atom stereocenters. The highest BCUT2D eigenvalue weighted by molar-refractivity contribution is 7.13. The molecule has 0 aliphatic carbocycles. The number of nitrogens with zero attached hydrogens (tertiary/aromatic N) is 3. The molecular formula is C17H20ClN3OS. The molecule has 1 fully saturated rings. The minimum absolute atomic E-state index is 0.175. The number of thiazole rings is 1. The lowest BCUT2D eigenvalue weighted by atomic mass is 10.2. The molecule has 1 aromatic heterocycles. The van der Waals surface area contributed by atoms with Crippen molar-refractivity contribution in [1.29, 1.82) is 0 Å². The first kappa shape index (κ1) is 16.4. The van der Waals surface area contributed by atoms with Crippen molar-refractivity contribution in [3.63, 3.8) is 0 Å². The van der Waals surface area contributed by atoms with Gasteiger partial charge < -0.3 is 9.80 Å². The van der Waals surface area contributed by atoms with Gasteiger partial charge in [0.25, 0.3) is 0 Å². The second kappa shape index (κ2) is 7.43. The van der Waals surface area contributed by atoms with E-state index in [0.29, 0.717) is 11.4 Å². The van der Waals surface area contributed by atoms with E-state index in [1.807, 2.05) is 34.5 Å². The molecule has 1 aliphatic rings. The van der Waals surface area contributed by atoms with E-state index in [-0.39, 0.29) is 5.91 Å². The van der Waals surface area contributed by atoms with E-state index < -0.39 is 0 Å². The molecular weight excluding hydrogens is 330 g/mol. The molecule has 0 atom stereocenters. The van der Waals surface area contributed by atoms with Crippen molar-refractivity contribution in [2.75, 3.05) is 32.7 Å². The van der Waals surface area contributed by atoms with Gasteiger partial charge in [0.1, 0.15) is 5.01 Å². The molecule has 1 amide bonds. The van der Waals surface area contributed by atoms with Crippen LogP contribution < -0.4 is 0 Å². The molecule has 1 saturated heterocycles. The summed E-state index contributed by atoms with van der Waals surface area (Å²) in [6, 6.07) is 7.63. The number of hydrogen-bond donors (Lipinski definition) is 0. The van der Waals surface area contributed by atoms with Crippen LogP contribution in [0.25, 0.3) is 10.6 Å². The van der Waals surface area contributed by atoms with Crippen molar-refractivity contribution < 1.29 is 4.79 Å². The smallest absolute Gasteiger partial charge is 0.228 e. The molecule has 0 radical (unpaired) electrons. The fraction of sp³-hybridized carbons (Fsp3) is 0.412. The van der Waals surface area contributed by atoms with Gasteiger partial charge in [0.15, 0.2) is 0 Å². The van der Waals surface area contributed by atoms with Gasteiger partial charge in [0, 0.05) is 42.1 Å². The summed E-state index contributed by atoms with van der Waals surface area (Å²) in [5.74, 6) is 0.175. The van der Waals surface area contributed by atoms with Crippen molar-refractivity contribution in [2.24, 2.45) is 0 Å². The first-order valence-corrected chi connectivity index (χ1v) is 9.12. The van der Waals surface area contributed by atoms with Crippen LogP contribution in [0.1, 0.15) is 12.6 Å². The molecule has 1 aliphatic heterocycles. The van der Waals surface area contributed by atoms with Crippen LogP contribution in [-0.4, -0.2) is 53.4 Å². The van der Waals surface area contributed by atoms with E-state index >= 15 is 0 Å². The van der Waals surface area contributed by atoms with Gasteiger partial charge in [-0.1, -0.05) is 30.7 Å². The van der Waals surface area contributed by atoms with Crippen molar-refractivity contribution >= 4 is 28.8 Å². The largest absolute Gasteiger partial charge is 0.340 e. The van der Waals surface area contributed by atoms with Crippen LogP contribution in [0, 0.1) is 0 Å². The molecule has 4 nitrogen and oxygen atoms in total. The van der Waals surface area contributed by atoms with Gasteiger partial charge in [0.2, 0.25) is 5.91 Å². The minimum Gasteiger partial charge on any atom is -0.340 e. The Balaban J connectivity index is 1.60. The van der Waals surface area contributed by atoms with E-state index in [2.05, 4.69) is 16.8 Å². The van der Waals surface area contributed by atoms with E-state index in [1.54, 1.807) is 11.3 Å². The molecule has 2 heterocycles. The predicted octanol–water partition coefficient (Wildman–Crippen LogP) is 3.17. The third-order valence-corrected chi connectivity index (χ3v) is 5.34. The normalized spacial score (nSPS) is 15.8. The summed E-state index contributed by atoms with van der Waals surface area (Å²) in [5, 5.41) is 3.62. The molecule has 122 valence electrons. The number of likely N-dealkylation sites (N-methyl/N-ethyl adjacent to an activating group) is 1. The van der Waals surface area contributed by atoms with Gasteiger partial charge >= 0.3 is 0 Å². The maximum Gasteiger partial charge on any atom is 0.228 e. The molecule has 0 spiro atoms. The highest BCUT2D eigenvalue weighted by atomic mass is 35.5. The molecule has 3 rings (SSSR count). The number of aromatic nitrogens is 1. The SMILES string of the molecule is CCN1CCN(C(=O)Cc2csc(-c3ccc(Cl)cc3)n2)CC1. The Morgan fingerprint density at radius 2 is 1.91 bits per heavy atom. The van der Waals surface area contributed by atoms with Gasteiger partial charge in [-0.25, -0.2) is 4.98 Å². The van der Waals surface area contributed by atoms with Crippen LogP contribution in [0.4, 0.5) is 0 Å². The number of carbonyl (C=O) groups is 1. The third kappa shape index (κ3) is 4.10. The summed E-state index contributed by atoms with van der Waals surface area (Å²) in [5.41, 5.74) is 1.89. The first-order chi connectivity index (χ1) is 11.2. The molecule has 2 aromatic rings. The van der Waals surface area contributed by atoms with Gasteiger partial charge in [-0.2, -0.15) is 0 Å². The van der Waals surface area contributed by atoms with Gasteiger partial charge in [-0.05, 0) is 18.7 Å². The Morgan fingerprint density at radius 3 is 2.57 bits per heavy atom. The zero-order valence-electron chi connectivity index (χ0n) is 13.2. The van der Waals surface area contributed by atoms with E-state index in [4.69, 9.17) is 11.6 Å². The minimum atomic E-state index is 0.175. The Bertz CT molecular complexity index is 663. The topological polar surface area (TPSA) is 36.4 Å². The maximum atomic E-state index is 12.4. The predicted molar refractivity (Wildman–Crippen MR) is 95.0 cm³/mol. The molecule has 6 heteroatoms.